The maximum Gasteiger partial charge on any atom is 0.242 e. The summed E-state index contributed by atoms with van der Waals surface area (Å²) in [4.78, 5) is 32.7. The molecule has 3 heterocycles. The van der Waals surface area contributed by atoms with Crippen LogP contribution in [-0.4, -0.2) is 80.0 Å². The van der Waals surface area contributed by atoms with Crippen molar-refractivity contribution in [3.8, 4) is 0 Å². The maximum absolute atomic E-state index is 14.2. The lowest BCUT2D eigenvalue weighted by atomic mass is 9.89. The Morgan fingerprint density at radius 2 is 1.84 bits per heavy atom. The van der Waals surface area contributed by atoms with Crippen molar-refractivity contribution in [1.29, 1.82) is 0 Å². The number of nitrogens with one attached hydrogen (secondary N) is 1. The smallest absolute Gasteiger partial charge is 0.242 e. The van der Waals surface area contributed by atoms with Crippen LogP contribution in [0.3, 0.4) is 0 Å². The van der Waals surface area contributed by atoms with E-state index in [-0.39, 0.29) is 35.6 Å². The van der Waals surface area contributed by atoms with Gasteiger partial charge in [0, 0.05) is 73.0 Å². The number of piperidine rings is 1. The fourth-order valence-electron chi connectivity index (χ4n) is 6.66. The first-order chi connectivity index (χ1) is 21.0. The zero-order valence-electron chi connectivity index (χ0n) is 25.5. The Hall–Kier alpha value is -3.37. The first-order valence-electron chi connectivity index (χ1n) is 15.2. The highest BCUT2D eigenvalue weighted by Crippen LogP contribution is 2.37. The predicted octanol–water partition coefficient (Wildman–Crippen LogP) is 5.24. The molecule has 2 unspecified atom stereocenters. The summed E-state index contributed by atoms with van der Waals surface area (Å²) >= 11 is 3.47. The lowest BCUT2D eigenvalue weighted by Gasteiger charge is -2.40. The number of hydrogen-bond donors (Lipinski definition) is 1. The first-order valence-corrected chi connectivity index (χ1v) is 17.6. The van der Waals surface area contributed by atoms with E-state index >= 15 is 0 Å². The molecule has 8 nitrogen and oxygen atoms in total. The largest absolute Gasteiger partial charge is 0.366 e. The fraction of sp³-hybridized carbons (Fsp3) is 0.412. The minimum Gasteiger partial charge on any atom is -0.366 e. The number of sulfone groups is 1. The van der Waals surface area contributed by atoms with E-state index in [9.17, 15) is 18.0 Å². The third-order valence-electron chi connectivity index (χ3n) is 9.23. The average Bonchev–Trinajstić information content (AvgIpc) is 3.21. The van der Waals surface area contributed by atoms with E-state index in [2.05, 4.69) is 52.3 Å². The van der Waals surface area contributed by atoms with Crippen LogP contribution < -0.4 is 5.32 Å². The summed E-state index contributed by atoms with van der Waals surface area (Å²) in [6, 6.07) is 10.8. The molecule has 0 aromatic heterocycles. The van der Waals surface area contributed by atoms with E-state index in [0.717, 1.165) is 27.4 Å². The molecule has 3 aliphatic rings. The van der Waals surface area contributed by atoms with Gasteiger partial charge in [0.05, 0.1) is 16.7 Å². The summed E-state index contributed by atoms with van der Waals surface area (Å²) < 4.78 is 29.4. The number of allylic oxidation sites excluding steroid dienone is 4. The molecule has 0 spiro atoms. The van der Waals surface area contributed by atoms with Gasteiger partial charge in [-0.3, -0.25) is 9.59 Å². The minimum atomic E-state index is -3.93. The molecule has 2 saturated heterocycles. The van der Waals surface area contributed by atoms with Gasteiger partial charge in [0.15, 0.2) is 9.84 Å². The van der Waals surface area contributed by atoms with Gasteiger partial charge in [0.2, 0.25) is 11.8 Å². The highest BCUT2D eigenvalue weighted by atomic mass is 79.9. The number of carbonyl (C=O) groups excluding carboxylic acids is 2. The number of likely N-dealkylation sites (tertiary alicyclic amines) is 1. The van der Waals surface area contributed by atoms with Gasteiger partial charge >= 0.3 is 0 Å². The van der Waals surface area contributed by atoms with Crippen LogP contribution in [0.4, 0.5) is 0 Å². The molecular weight excluding hydrogens is 640 g/mol. The van der Waals surface area contributed by atoms with Crippen LogP contribution in [-0.2, 0) is 19.4 Å². The second-order valence-corrected chi connectivity index (χ2v) is 14.9. The van der Waals surface area contributed by atoms with Gasteiger partial charge in [-0.25, -0.2) is 8.42 Å². The topological polar surface area (TPSA) is 90.0 Å². The molecule has 0 radical (unpaired) electrons. The molecule has 2 aromatic rings. The first kappa shape index (κ1) is 32.0. The molecule has 234 valence electrons. The van der Waals surface area contributed by atoms with Crippen molar-refractivity contribution in [2.75, 3.05) is 39.8 Å². The quantitative estimate of drug-likeness (QED) is 0.410. The highest BCUT2D eigenvalue weighted by Gasteiger charge is 2.41. The molecule has 10 heteroatoms. The van der Waals surface area contributed by atoms with Crippen molar-refractivity contribution in [3.63, 3.8) is 0 Å². The summed E-state index contributed by atoms with van der Waals surface area (Å²) in [6.07, 6.45) is 8.12. The van der Waals surface area contributed by atoms with Crippen molar-refractivity contribution in [2.45, 2.75) is 42.8 Å². The lowest BCUT2D eigenvalue weighted by Crippen LogP contribution is -2.47. The number of halogens is 1. The Balaban J connectivity index is 1.37. The number of fused-ring (bicyclic) bond motifs is 2. The molecule has 2 aromatic carbocycles. The van der Waals surface area contributed by atoms with Crippen LogP contribution in [0.1, 0.15) is 32.6 Å². The van der Waals surface area contributed by atoms with Crippen LogP contribution in [0.25, 0.3) is 10.8 Å². The van der Waals surface area contributed by atoms with Crippen molar-refractivity contribution >= 4 is 48.4 Å². The summed E-state index contributed by atoms with van der Waals surface area (Å²) in [5.74, 6) is -0.650. The highest BCUT2D eigenvalue weighted by molar-refractivity contribution is 9.10. The third kappa shape index (κ3) is 6.52. The Bertz CT molecular complexity index is 1650. The van der Waals surface area contributed by atoms with Crippen molar-refractivity contribution in [1.82, 2.24) is 20.0 Å². The van der Waals surface area contributed by atoms with Crippen LogP contribution in [0.15, 0.2) is 94.2 Å². The second kappa shape index (κ2) is 13.3. The maximum atomic E-state index is 14.2. The summed E-state index contributed by atoms with van der Waals surface area (Å²) in [6.45, 7) is 13.3. The van der Waals surface area contributed by atoms with Crippen LogP contribution in [0, 0.1) is 11.8 Å². The molecule has 0 saturated carbocycles. The Morgan fingerprint density at radius 3 is 2.59 bits per heavy atom. The van der Waals surface area contributed by atoms with Gasteiger partial charge in [-0.15, -0.1) is 0 Å². The molecule has 0 bridgehead atoms. The molecule has 2 amide bonds. The molecule has 3 aliphatic heterocycles. The van der Waals surface area contributed by atoms with Crippen LogP contribution in [0.2, 0.25) is 0 Å². The van der Waals surface area contributed by atoms with Crippen molar-refractivity contribution < 1.29 is 18.0 Å². The van der Waals surface area contributed by atoms with Crippen LogP contribution in [0.5, 0.6) is 0 Å². The molecule has 0 aliphatic carbocycles. The van der Waals surface area contributed by atoms with E-state index in [1.807, 2.05) is 40.2 Å². The summed E-state index contributed by atoms with van der Waals surface area (Å²) in [5.41, 5.74) is 2.73. The van der Waals surface area contributed by atoms with Crippen molar-refractivity contribution in [3.05, 3.63) is 89.3 Å². The molecule has 44 heavy (non-hydrogen) atoms. The molecule has 5 rings (SSSR count). The zero-order valence-corrected chi connectivity index (χ0v) is 27.9. The number of hydrogen-bond acceptors (Lipinski definition) is 6. The lowest BCUT2D eigenvalue weighted by molar-refractivity contribution is -0.132. The number of rotatable bonds is 8. The summed E-state index contributed by atoms with van der Waals surface area (Å²) in [7, 11) is -2.41. The van der Waals surface area contributed by atoms with Gasteiger partial charge < -0.3 is 20.0 Å². The second-order valence-electron chi connectivity index (χ2n) is 11.8. The summed E-state index contributed by atoms with van der Waals surface area (Å²) in [5, 5.41) is 3.31. The van der Waals surface area contributed by atoms with E-state index in [1.165, 1.54) is 12.7 Å². The molecule has 2 fully saturated rings. The van der Waals surface area contributed by atoms with E-state index in [0.29, 0.717) is 44.7 Å². The van der Waals surface area contributed by atoms with Gasteiger partial charge in [-0.1, -0.05) is 54.2 Å². The molecule has 1 N–H and O–H groups in total. The monoisotopic (exact) mass is 680 g/mol. The van der Waals surface area contributed by atoms with Gasteiger partial charge in [0.25, 0.3) is 0 Å². The minimum absolute atomic E-state index is 0.00401. The zero-order chi connectivity index (χ0) is 31.6. The predicted molar refractivity (Wildman–Crippen MR) is 178 cm³/mol. The van der Waals surface area contributed by atoms with Gasteiger partial charge in [0.1, 0.15) is 0 Å². The SMILES string of the molecule is C=C1[C@@H](C(CC(=O)NC)S(=O)(=O)c2ccc3cc(Br)ccc3c2)CCCN1CC(=O)N1CCN2C(=C)C=CC=C2C(CC)C1. The normalized spacial score (nSPS) is 21.5. The van der Waals surface area contributed by atoms with Gasteiger partial charge in [-0.05, 0) is 66.5 Å². The third-order valence-corrected chi connectivity index (χ3v) is 11.9. The fourth-order valence-corrected chi connectivity index (χ4v) is 9.03. The Labute approximate surface area is 269 Å². The number of carbonyl (C=O) groups is 2. The molecule has 3 atom stereocenters. The van der Waals surface area contributed by atoms with E-state index in [4.69, 9.17) is 0 Å². The average molecular weight is 682 g/mol. The van der Waals surface area contributed by atoms with E-state index < -0.39 is 21.0 Å². The van der Waals surface area contributed by atoms with Gasteiger partial charge in [-0.2, -0.15) is 0 Å². The number of amides is 2. The molecular formula is C34H41BrN4O4S. The number of nitrogens with zero attached hydrogens (tertiary/aromatic N) is 3. The number of benzene rings is 2. The van der Waals surface area contributed by atoms with Crippen molar-refractivity contribution in [2.24, 2.45) is 11.8 Å². The van der Waals surface area contributed by atoms with E-state index in [1.54, 1.807) is 18.2 Å². The Kier molecular flexibility index (Phi) is 9.70. The standard InChI is InChI=1S/C34H41BrN4O4S/c1-5-25-21-38(16-17-39-23(2)8-6-10-31(25)39)34(41)22-37-15-7-9-30(24(37)3)32(20-33(40)36-4)44(42,43)29-14-12-26-18-28(35)13-11-27(26)19-29/h6,8,10-14,18-19,25,30,32H,2-3,5,7,9,15-17,20-22H2,1,4H3,(H,36,40)/t25?,30-,32?/m0/s1. The van der Waals surface area contributed by atoms with Crippen LogP contribution >= 0.6 is 15.9 Å². The Morgan fingerprint density at radius 1 is 1.09 bits per heavy atom.